The summed E-state index contributed by atoms with van der Waals surface area (Å²) >= 11 is 0. The minimum atomic E-state index is 0.608. The first-order valence-electron chi connectivity index (χ1n) is 20.9. The third kappa shape index (κ3) is 6.06. The van der Waals surface area contributed by atoms with Gasteiger partial charge in [-0.25, -0.2) is 15.0 Å². The van der Waals surface area contributed by atoms with Crippen molar-refractivity contribution in [3.05, 3.63) is 224 Å². The summed E-state index contributed by atoms with van der Waals surface area (Å²) in [6.07, 6.45) is 0. The third-order valence-corrected chi connectivity index (χ3v) is 12.0. The maximum atomic E-state index is 5.19. The van der Waals surface area contributed by atoms with Crippen LogP contribution in [0.2, 0.25) is 0 Å². The predicted molar refractivity (Wildman–Crippen MR) is 256 cm³/mol. The molecule has 0 saturated heterocycles. The Labute approximate surface area is 358 Å². The smallest absolute Gasteiger partial charge is 0.164 e. The Bertz CT molecular complexity index is 3500. The highest BCUT2D eigenvalue weighted by Gasteiger charge is 2.19. The molecule has 0 fully saturated rings. The van der Waals surface area contributed by atoms with Gasteiger partial charge >= 0.3 is 0 Å². The molecule has 12 rings (SSSR count). The van der Waals surface area contributed by atoms with E-state index in [4.69, 9.17) is 15.0 Å². The molecule has 3 heterocycles. The molecule has 0 amide bonds. The van der Waals surface area contributed by atoms with E-state index in [1.54, 1.807) is 0 Å². The van der Waals surface area contributed by atoms with Crippen molar-refractivity contribution in [3.63, 3.8) is 0 Å². The van der Waals surface area contributed by atoms with Gasteiger partial charge < -0.3 is 9.13 Å². The lowest BCUT2D eigenvalue weighted by Crippen LogP contribution is -2.02. The summed E-state index contributed by atoms with van der Waals surface area (Å²) in [5.74, 6) is 1.86. The summed E-state index contributed by atoms with van der Waals surface area (Å²) in [6.45, 7) is 0. The summed E-state index contributed by atoms with van der Waals surface area (Å²) in [5, 5.41) is 4.85. The van der Waals surface area contributed by atoms with Crippen LogP contribution in [0.3, 0.4) is 0 Å². The summed E-state index contributed by atoms with van der Waals surface area (Å²) < 4.78 is 4.78. The van der Waals surface area contributed by atoms with Crippen LogP contribution in [0.5, 0.6) is 0 Å². The van der Waals surface area contributed by atoms with E-state index < -0.39 is 0 Å². The molecule has 5 heteroatoms. The molecule has 9 aromatic carbocycles. The molecule has 290 valence electrons. The maximum absolute atomic E-state index is 5.19. The molecular weight excluding hydrogens is 755 g/mol. The molecule has 0 aliphatic heterocycles. The number of fused-ring (bicyclic) bond motifs is 6. The standard InChI is InChI=1S/C57H37N5/c1-4-16-38(17-5-1)39-28-30-40(31-29-39)43-34-44(57-59-55(41-18-6-2-7-19-41)58-56(60-57)42-20-8-3-9-21-42)36-46(35-43)62-53-27-15-12-24-49(53)50-37-45(32-33-54(50)62)61-51-25-13-10-22-47(51)48-23-11-14-26-52(48)61/h1-37H. The van der Waals surface area contributed by atoms with Gasteiger partial charge in [0, 0.05) is 49.6 Å². The van der Waals surface area contributed by atoms with Crippen molar-refractivity contribution in [1.82, 2.24) is 24.1 Å². The average Bonchev–Trinajstić information content (AvgIpc) is 3.87. The van der Waals surface area contributed by atoms with Gasteiger partial charge in [0.2, 0.25) is 0 Å². The molecule has 0 aliphatic rings. The second-order valence-electron chi connectivity index (χ2n) is 15.7. The number of benzene rings is 9. The van der Waals surface area contributed by atoms with Crippen molar-refractivity contribution >= 4 is 43.6 Å². The second-order valence-corrected chi connectivity index (χ2v) is 15.7. The summed E-state index contributed by atoms with van der Waals surface area (Å²) in [5.41, 5.74) is 14.0. The van der Waals surface area contributed by atoms with Crippen molar-refractivity contribution < 1.29 is 0 Å². The van der Waals surface area contributed by atoms with Crippen LogP contribution in [0.1, 0.15) is 0 Å². The molecule has 3 aromatic heterocycles. The van der Waals surface area contributed by atoms with E-state index in [1.165, 1.54) is 43.7 Å². The Morgan fingerprint density at radius 1 is 0.226 bits per heavy atom. The third-order valence-electron chi connectivity index (χ3n) is 12.0. The molecule has 5 nitrogen and oxygen atoms in total. The van der Waals surface area contributed by atoms with Crippen molar-refractivity contribution in [3.8, 4) is 67.8 Å². The van der Waals surface area contributed by atoms with Crippen LogP contribution in [-0.4, -0.2) is 24.1 Å². The monoisotopic (exact) mass is 791 g/mol. The zero-order valence-electron chi connectivity index (χ0n) is 33.6. The van der Waals surface area contributed by atoms with Crippen LogP contribution >= 0.6 is 0 Å². The first-order valence-corrected chi connectivity index (χ1v) is 20.9. The summed E-state index contributed by atoms with van der Waals surface area (Å²) in [7, 11) is 0. The van der Waals surface area contributed by atoms with Gasteiger partial charge in [-0.15, -0.1) is 0 Å². The summed E-state index contributed by atoms with van der Waals surface area (Å²) in [4.78, 5) is 15.4. The van der Waals surface area contributed by atoms with Crippen molar-refractivity contribution in [2.45, 2.75) is 0 Å². The van der Waals surface area contributed by atoms with Crippen molar-refractivity contribution in [2.24, 2.45) is 0 Å². The Balaban J connectivity index is 1.09. The molecule has 0 bridgehead atoms. The van der Waals surface area contributed by atoms with Gasteiger partial charge in [-0.2, -0.15) is 0 Å². The van der Waals surface area contributed by atoms with E-state index >= 15 is 0 Å². The van der Waals surface area contributed by atoms with Gasteiger partial charge in [0.25, 0.3) is 0 Å². The van der Waals surface area contributed by atoms with Crippen LogP contribution in [0.15, 0.2) is 224 Å². The topological polar surface area (TPSA) is 48.5 Å². The maximum Gasteiger partial charge on any atom is 0.164 e. The lowest BCUT2D eigenvalue weighted by molar-refractivity contribution is 1.07. The lowest BCUT2D eigenvalue weighted by atomic mass is 9.98. The first-order chi connectivity index (χ1) is 30.7. The summed E-state index contributed by atoms with van der Waals surface area (Å²) in [6, 6.07) is 79.4. The van der Waals surface area contributed by atoms with Gasteiger partial charge in [-0.05, 0) is 76.9 Å². The Kier molecular flexibility index (Phi) is 8.42. The molecule has 0 N–H and O–H groups in total. The van der Waals surface area contributed by atoms with E-state index in [-0.39, 0.29) is 0 Å². The zero-order chi connectivity index (χ0) is 41.0. The van der Waals surface area contributed by atoms with Crippen LogP contribution in [0.4, 0.5) is 0 Å². The van der Waals surface area contributed by atoms with Crippen LogP contribution in [0, 0.1) is 0 Å². The zero-order valence-corrected chi connectivity index (χ0v) is 33.6. The largest absolute Gasteiger partial charge is 0.309 e. The highest BCUT2D eigenvalue weighted by Crippen LogP contribution is 2.39. The highest BCUT2D eigenvalue weighted by atomic mass is 15.0. The lowest BCUT2D eigenvalue weighted by Gasteiger charge is -2.15. The van der Waals surface area contributed by atoms with Crippen LogP contribution in [0.25, 0.3) is 111 Å². The molecule has 12 aromatic rings. The molecule has 0 spiro atoms. The number of hydrogen-bond donors (Lipinski definition) is 0. The fourth-order valence-corrected chi connectivity index (χ4v) is 9.04. The molecule has 0 unspecified atom stereocenters. The van der Waals surface area contributed by atoms with E-state index in [1.807, 2.05) is 36.4 Å². The van der Waals surface area contributed by atoms with Crippen molar-refractivity contribution in [1.29, 1.82) is 0 Å². The minimum absolute atomic E-state index is 0.608. The normalized spacial score (nSPS) is 11.5. The minimum Gasteiger partial charge on any atom is -0.309 e. The van der Waals surface area contributed by atoms with Gasteiger partial charge in [-0.3, -0.25) is 0 Å². The molecule has 0 aliphatic carbocycles. The quantitative estimate of drug-likeness (QED) is 0.162. The van der Waals surface area contributed by atoms with Gasteiger partial charge in [0.15, 0.2) is 17.5 Å². The number of para-hydroxylation sites is 3. The molecular formula is C57H37N5. The average molecular weight is 792 g/mol. The fourth-order valence-electron chi connectivity index (χ4n) is 9.04. The van der Waals surface area contributed by atoms with E-state index in [9.17, 15) is 0 Å². The Morgan fingerprint density at radius 2 is 0.597 bits per heavy atom. The van der Waals surface area contributed by atoms with Gasteiger partial charge in [0.1, 0.15) is 0 Å². The molecule has 0 saturated carbocycles. The Hall–Kier alpha value is -8.41. The van der Waals surface area contributed by atoms with Crippen LogP contribution in [-0.2, 0) is 0 Å². The number of rotatable bonds is 7. The van der Waals surface area contributed by atoms with Gasteiger partial charge in [-0.1, -0.05) is 170 Å². The van der Waals surface area contributed by atoms with E-state index in [0.717, 1.165) is 50.2 Å². The molecule has 0 atom stereocenters. The van der Waals surface area contributed by atoms with E-state index in [0.29, 0.717) is 17.5 Å². The van der Waals surface area contributed by atoms with Crippen LogP contribution < -0.4 is 0 Å². The SMILES string of the molecule is c1ccc(-c2ccc(-c3cc(-c4nc(-c5ccccc5)nc(-c5ccccc5)n4)cc(-n4c5ccccc5c5cc(-n6c7ccccc7c7ccccc76)ccc54)c3)cc2)cc1. The number of nitrogens with zero attached hydrogens (tertiary/aromatic N) is 5. The van der Waals surface area contributed by atoms with Crippen molar-refractivity contribution in [2.75, 3.05) is 0 Å². The predicted octanol–water partition coefficient (Wildman–Crippen LogP) is 14.4. The highest BCUT2D eigenvalue weighted by molar-refractivity contribution is 6.12. The molecule has 0 radical (unpaired) electrons. The number of hydrogen-bond acceptors (Lipinski definition) is 3. The second kappa shape index (κ2) is 14.7. The first kappa shape index (κ1) is 35.5. The van der Waals surface area contributed by atoms with Gasteiger partial charge in [0.05, 0.1) is 22.1 Å². The Morgan fingerprint density at radius 3 is 1.13 bits per heavy atom. The van der Waals surface area contributed by atoms with E-state index in [2.05, 4.69) is 197 Å². The molecule has 62 heavy (non-hydrogen) atoms. The number of aromatic nitrogens is 5. The fraction of sp³-hybridized carbons (Fsp3) is 0.